The van der Waals surface area contributed by atoms with E-state index in [1.807, 2.05) is 4.98 Å². The molecule has 27 heavy (non-hydrogen) atoms. The first-order chi connectivity index (χ1) is 12.9. The minimum absolute atomic E-state index is 0.229. The Bertz CT molecular complexity index is 1220. The van der Waals surface area contributed by atoms with Crippen LogP contribution in [0.2, 0.25) is 10.0 Å². The van der Waals surface area contributed by atoms with Gasteiger partial charge in [0.2, 0.25) is 5.69 Å². The maximum atomic E-state index is 12.0. The lowest BCUT2D eigenvalue weighted by molar-refractivity contribution is 0.740. The summed E-state index contributed by atoms with van der Waals surface area (Å²) in [6.07, 6.45) is 0. The van der Waals surface area contributed by atoms with Crippen LogP contribution >= 0.6 is 23.2 Å². The van der Waals surface area contributed by atoms with Gasteiger partial charge in [0.25, 0.3) is 5.56 Å². The Morgan fingerprint density at radius 1 is 1.07 bits per heavy atom. The molecule has 0 saturated heterocycles. The van der Waals surface area contributed by atoms with E-state index in [0.717, 1.165) is 4.68 Å². The normalized spacial score (nSPS) is 11.4. The van der Waals surface area contributed by atoms with Crippen molar-refractivity contribution in [1.29, 1.82) is 10.5 Å². The lowest BCUT2D eigenvalue weighted by atomic mass is 9.92. The lowest BCUT2D eigenvalue weighted by Crippen LogP contribution is -2.33. The van der Waals surface area contributed by atoms with Gasteiger partial charge in [-0.1, -0.05) is 41.4 Å². The highest BCUT2D eigenvalue weighted by Gasteiger charge is 2.18. The monoisotopic (exact) mass is 397 g/mol. The van der Waals surface area contributed by atoms with Gasteiger partial charge < -0.3 is 0 Å². The molecule has 0 aliphatic heterocycles. The second kappa shape index (κ2) is 7.46. The van der Waals surface area contributed by atoms with Gasteiger partial charge in [-0.15, -0.1) is 5.10 Å². The molecule has 1 N–H and O–H groups in total. The zero-order valence-electron chi connectivity index (χ0n) is 13.5. The number of nitrogens with zero attached hydrogens (tertiary/aromatic N) is 4. The first-order valence-electron chi connectivity index (χ1n) is 7.53. The van der Waals surface area contributed by atoms with E-state index in [1.165, 1.54) is 12.1 Å². The predicted molar refractivity (Wildman–Crippen MR) is 99.1 cm³/mol. The van der Waals surface area contributed by atoms with Crippen molar-refractivity contribution in [2.24, 2.45) is 0 Å². The number of hydrogen-bond acceptors (Lipinski definition) is 5. The molecule has 1 unspecified atom stereocenters. The fourth-order valence-electron chi connectivity index (χ4n) is 2.51. The largest absolute Gasteiger partial charge is 0.349 e. The van der Waals surface area contributed by atoms with Gasteiger partial charge in [-0.3, -0.25) is 9.78 Å². The zero-order chi connectivity index (χ0) is 19.6. The molecule has 0 amide bonds. The molecule has 1 aromatic heterocycles. The van der Waals surface area contributed by atoms with Crippen molar-refractivity contribution in [3.8, 4) is 17.8 Å². The Morgan fingerprint density at radius 2 is 1.78 bits per heavy atom. The Kier molecular flexibility index (Phi) is 5.09. The molecular weight excluding hydrogens is 389 g/mol. The highest BCUT2D eigenvalue weighted by atomic mass is 35.5. The number of aromatic nitrogens is 3. The molecule has 0 fully saturated rings. The number of rotatable bonds is 3. The molecule has 0 radical (unpaired) electrons. The highest BCUT2D eigenvalue weighted by Crippen LogP contribution is 2.31. The van der Waals surface area contributed by atoms with E-state index in [0.29, 0.717) is 16.1 Å². The van der Waals surface area contributed by atoms with Crippen LogP contribution < -0.4 is 11.2 Å². The second-order valence-electron chi connectivity index (χ2n) is 5.45. The first kappa shape index (κ1) is 18.4. The SMILES string of the molecule is N#Cc1nn(-c2ccc(C(C#N)c3ccc(Cl)cc3)c(Cl)c2)c(=O)[nH]c1=O. The van der Waals surface area contributed by atoms with Crippen molar-refractivity contribution in [3.05, 3.63) is 90.2 Å². The minimum Gasteiger partial charge on any atom is -0.270 e. The summed E-state index contributed by atoms with van der Waals surface area (Å²) in [7, 11) is 0. The van der Waals surface area contributed by atoms with Gasteiger partial charge in [-0.25, -0.2) is 4.79 Å². The molecule has 3 aromatic rings. The van der Waals surface area contributed by atoms with Crippen LogP contribution in [0.3, 0.4) is 0 Å². The molecule has 2 aromatic carbocycles. The number of nitrogens with one attached hydrogen (secondary N) is 1. The van der Waals surface area contributed by atoms with Gasteiger partial charge in [-0.05, 0) is 35.4 Å². The topological polar surface area (TPSA) is 115 Å². The smallest absolute Gasteiger partial charge is 0.270 e. The van der Waals surface area contributed by atoms with Gasteiger partial charge in [0.05, 0.1) is 17.7 Å². The van der Waals surface area contributed by atoms with Gasteiger partial charge in [0, 0.05) is 10.0 Å². The second-order valence-corrected chi connectivity index (χ2v) is 6.29. The fraction of sp³-hybridized carbons (Fsp3) is 0.0556. The summed E-state index contributed by atoms with van der Waals surface area (Å²) in [6.45, 7) is 0. The predicted octanol–water partition coefficient (Wildman–Crippen LogP) is 2.75. The van der Waals surface area contributed by atoms with Crippen LogP contribution in [0.25, 0.3) is 5.69 Å². The summed E-state index contributed by atoms with van der Waals surface area (Å²) in [5.74, 6) is -0.640. The lowest BCUT2D eigenvalue weighted by Gasteiger charge is -2.13. The van der Waals surface area contributed by atoms with Crippen molar-refractivity contribution in [3.63, 3.8) is 0 Å². The molecule has 0 bridgehead atoms. The number of benzene rings is 2. The van der Waals surface area contributed by atoms with Crippen molar-refractivity contribution in [2.45, 2.75) is 5.92 Å². The highest BCUT2D eigenvalue weighted by molar-refractivity contribution is 6.31. The molecule has 0 saturated carbocycles. The molecule has 1 heterocycles. The summed E-state index contributed by atoms with van der Waals surface area (Å²) >= 11 is 12.2. The maximum absolute atomic E-state index is 12.0. The summed E-state index contributed by atoms with van der Waals surface area (Å²) in [5, 5.41) is 23.0. The van der Waals surface area contributed by atoms with Gasteiger partial charge in [0.15, 0.2) is 0 Å². The van der Waals surface area contributed by atoms with Gasteiger partial charge >= 0.3 is 5.69 Å². The summed E-state index contributed by atoms with van der Waals surface area (Å²) < 4.78 is 0.860. The van der Waals surface area contributed by atoms with Crippen LogP contribution in [0.4, 0.5) is 0 Å². The Morgan fingerprint density at radius 3 is 2.37 bits per heavy atom. The van der Waals surface area contributed by atoms with Crippen molar-refractivity contribution >= 4 is 23.2 Å². The molecular formula is C18H9Cl2N5O2. The Hall–Kier alpha value is -3.39. The van der Waals surface area contributed by atoms with E-state index in [4.69, 9.17) is 28.5 Å². The Labute approximate surface area is 162 Å². The molecule has 0 aliphatic carbocycles. The van der Waals surface area contributed by atoms with Gasteiger partial charge in [0.1, 0.15) is 6.07 Å². The first-order valence-corrected chi connectivity index (χ1v) is 8.29. The van der Waals surface area contributed by atoms with Crippen molar-refractivity contribution in [2.75, 3.05) is 0 Å². The number of halogens is 2. The maximum Gasteiger partial charge on any atom is 0.349 e. The molecule has 132 valence electrons. The minimum atomic E-state index is -0.867. The summed E-state index contributed by atoms with van der Waals surface area (Å²) in [4.78, 5) is 25.4. The van der Waals surface area contributed by atoms with Crippen LogP contribution in [-0.4, -0.2) is 14.8 Å². The number of nitriles is 2. The van der Waals surface area contributed by atoms with Crippen LogP contribution in [0, 0.1) is 22.7 Å². The van der Waals surface area contributed by atoms with E-state index in [1.54, 1.807) is 36.4 Å². The number of hydrogen-bond donors (Lipinski definition) is 1. The van der Waals surface area contributed by atoms with Gasteiger partial charge in [-0.2, -0.15) is 15.2 Å². The van der Waals surface area contributed by atoms with Crippen molar-refractivity contribution in [1.82, 2.24) is 14.8 Å². The molecule has 3 rings (SSSR count). The van der Waals surface area contributed by atoms with E-state index < -0.39 is 22.9 Å². The van der Waals surface area contributed by atoms with Crippen LogP contribution in [0.1, 0.15) is 22.7 Å². The fourth-order valence-corrected chi connectivity index (χ4v) is 2.92. The zero-order valence-corrected chi connectivity index (χ0v) is 15.0. The third kappa shape index (κ3) is 3.61. The average molecular weight is 398 g/mol. The van der Waals surface area contributed by atoms with Crippen LogP contribution in [0.15, 0.2) is 52.1 Å². The number of H-pyrrole nitrogens is 1. The Balaban J connectivity index is 2.08. The number of aromatic amines is 1. The average Bonchev–Trinajstić information content (AvgIpc) is 2.65. The summed E-state index contributed by atoms with van der Waals surface area (Å²) in [6, 6.07) is 15.2. The van der Waals surface area contributed by atoms with E-state index in [2.05, 4.69) is 11.2 Å². The molecule has 0 aliphatic rings. The molecule has 7 nitrogen and oxygen atoms in total. The van der Waals surface area contributed by atoms with Crippen molar-refractivity contribution < 1.29 is 0 Å². The van der Waals surface area contributed by atoms with Crippen LogP contribution in [0.5, 0.6) is 0 Å². The third-order valence-electron chi connectivity index (χ3n) is 3.81. The summed E-state index contributed by atoms with van der Waals surface area (Å²) in [5.41, 5.74) is -0.642. The van der Waals surface area contributed by atoms with E-state index in [-0.39, 0.29) is 10.7 Å². The molecule has 1 atom stereocenters. The molecule has 0 spiro atoms. The third-order valence-corrected chi connectivity index (χ3v) is 4.39. The quantitative estimate of drug-likeness (QED) is 0.729. The van der Waals surface area contributed by atoms with E-state index in [9.17, 15) is 14.9 Å². The molecule has 9 heteroatoms. The van der Waals surface area contributed by atoms with E-state index >= 15 is 0 Å². The standard InChI is InChI=1S/C18H9Cl2N5O2/c19-11-3-1-10(2-4-11)14(8-21)13-6-5-12(7-15(13)20)25-18(27)23-17(26)16(9-22)24-25/h1-7,14H,(H,23,26,27). The van der Waals surface area contributed by atoms with Crippen LogP contribution in [-0.2, 0) is 0 Å².